The van der Waals surface area contributed by atoms with Gasteiger partial charge in [0.05, 0.1) is 0 Å². The lowest BCUT2D eigenvalue weighted by Gasteiger charge is -2.56. The third-order valence-corrected chi connectivity index (χ3v) is 6.48. The fraction of sp³-hybridized carbons (Fsp3) is 0.409. The molecule has 4 heteroatoms. The van der Waals surface area contributed by atoms with Crippen molar-refractivity contribution in [3.8, 4) is 5.75 Å². The highest BCUT2D eigenvalue weighted by molar-refractivity contribution is 5.80. The Morgan fingerprint density at radius 3 is 2.77 bits per heavy atom. The number of nitrogens with zero attached hydrogens (tertiary/aromatic N) is 1. The molecule has 0 radical (unpaired) electrons. The van der Waals surface area contributed by atoms with Gasteiger partial charge in [-0.25, -0.2) is 0 Å². The monoisotopic (exact) mass is 348 g/mol. The Bertz CT molecular complexity index is 837. The van der Waals surface area contributed by atoms with E-state index in [1.807, 2.05) is 12.1 Å². The zero-order valence-corrected chi connectivity index (χ0v) is 15.0. The van der Waals surface area contributed by atoms with Gasteiger partial charge in [-0.3, -0.25) is 9.69 Å². The number of likely N-dealkylation sites (tertiary alicyclic amines) is 1. The molecule has 26 heavy (non-hydrogen) atoms. The van der Waals surface area contributed by atoms with E-state index >= 15 is 0 Å². The van der Waals surface area contributed by atoms with Crippen LogP contribution < -0.4 is 10.1 Å². The lowest BCUT2D eigenvalue weighted by atomic mass is 9.69. The SMILES string of the molecule is C[C@@H](c1ccccc1)N1CC[C@]23NC(=O)C[C@H](c4ccccc4O2)[C@@H]3C1. The van der Waals surface area contributed by atoms with E-state index in [0.29, 0.717) is 12.5 Å². The Hall–Kier alpha value is -2.33. The smallest absolute Gasteiger partial charge is 0.223 e. The van der Waals surface area contributed by atoms with Crippen molar-refractivity contribution >= 4 is 5.91 Å². The Morgan fingerprint density at radius 1 is 1.15 bits per heavy atom. The van der Waals surface area contributed by atoms with Crippen LogP contribution in [0.5, 0.6) is 5.75 Å². The van der Waals surface area contributed by atoms with E-state index in [2.05, 4.69) is 59.6 Å². The maximum Gasteiger partial charge on any atom is 0.223 e. The normalized spacial score (nSPS) is 31.2. The van der Waals surface area contributed by atoms with Crippen molar-refractivity contribution in [2.24, 2.45) is 5.92 Å². The number of para-hydroxylation sites is 1. The minimum atomic E-state index is -0.540. The van der Waals surface area contributed by atoms with Gasteiger partial charge in [-0.15, -0.1) is 0 Å². The molecular weight excluding hydrogens is 324 g/mol. The number of hydrogen-bond acceptors (Lipinski definition) is 3. The summed E-state index contributed by atoms with van der Waals surface area (Å²) in [4.78, 5) is 14.9. The van der Waals surface area contributed by atoms with E-state index in [9.17, 15) is 4.79 Å². The number of rotatable bonds is 2. The fourth-order valence-electron chi connectivity index (χ4n) is 5.07. The van der Waals surface area contributed by atoms with Gasteiger partial charge in [0.25, 0.3) is 0 Å². The molecule has 0 aliphatic carbocycles. The average molecular weight is 348 g/mol. The summed E-state index contributed by atoms with van der Waals surface area (Å²) in [5.74, 6) is 1.58. The second-order valence-electron chi connectivity index (χ2n) is 7.83. The molecule has 3 heterocycles. The first-order chi connectivity index (χ1) is 12.7. The summed E-state index contributed by atoms with van der Waals surface area (Å²) in [5, 5.41) is 3.22. The van der Waals surface area contributed by atoms with Crippen molar-refractivity contribution in [2.45, 2.75) is 37.5 Å². The minimum Gasteiger partial charge on any atom is -0.467 e. The molecule has 2 aromatic carbocycles. The lowest BCUT2D eigenvalue weighted by molar-refractivity contribution is -0.154. The number of carbonyl (C=O) groups excluding carboxylic acids is 1. The van der Waals surface area contributed by atoms with E-state index in [0.717, 1.165) is 25.3 Å². The Balaban J connectivity index is 1.48. The molecule has 2 saturated heterocycles. The predicted molar refractivity (Wildman–Crippen MR) is 99.8 cm³/mol. The maximum atomic E-state index is 12.4. The van der Waals surface area contributed by atoms with Crippen molar-refractivity contribution in [3.63, 3.8) is 0 Å². The van der Waals surface area contributed by atoms with E-state index in [1.54, 1.807) is 0 Å². The van der Waals surface area contributed by atoms with Crippen molar-refractivity contribution in [1.82, 2.24) is 10.2 Å². The summed E-state index contributed by atoms with van der Waals surface area (Å²) in [7, 11) is 0. The molecule has 2 bridgehead atoms. The van der Waals surface area contributed by atoms with E-state index in [-0.39, 0.29) is 17.7 Å². The molecule has 0 aromatic heterocycles. The molecule has 4 nitrogen and oxygen atoms in total. The van der Waals surface area contributed by atoms with Crippen LogP contribution in [0.15, 0.2) is 54.6 Å². The second kappa shape index (κ2) is 5.85. The predicted octanol–water partition coefficient (Wildman–Crippen LogP) is 3.46. The van der Waals surface area contributed by atoms with Crippen molar-refractivity contribution in [3.05, 3.63) is 65.7 Å². The Kier molecular flexibility index (Phi) is 3.57. The van der Waals surface area contributed by atoms with Crippen molar-refractivity contribution in [1.29, 1.82) is 0 Å². The van der Waals surface area contributed by atoms with E-state index in [1.165, 1.54) is 11.1 Å². The third-order valence-electron chi connectivity index (χ3n) is 6.48. The zero-order valence-electron chi connectivity index (χ0n) is 15.0. The summed E-state index contributed by atoms with van der Waals surface area (Å²) in [6.07, 6.45) is 1.38. The molecule has 3 aliphatic rings. The number of ether oxygens (including phenoxy) is 1. The minimum absolute atomic E-state index is 0.116. The molecule has 3 aliphatic heterocycles. The Morgan fingerprint density at radius 2 is 1.92 bits per heavy atom. The van der Waals surface area contributed by atoms with Gasteiger partial charge in [-0.2, -0.15) is 0 Å². The molecule has 0 spiro atoms. The highest BCUT2D eigenvalue weighted by Gasteiger charge is 2.57. The van der Waals surface area contributed by atoms with E-state index in [4.69, 9.17) is 4.74 Å². The number of amides is 1. The number of piperidine rings is 2. The van der Waals surface area contributed by atoms with Gasteiger partial charge < -0.3 is 10.1 Å². The Labute approximate surface area is 154 Å². The van der Waals surface area contributed by atoms with Gasteiger partial charge in [0, 0.05) is 43.8 Å². The van der Waals surface area contributed by atoms with Crippen LogP contribution >= 0.6 is 0 Å². The molecule has 0 unspecified atom stereocenters. The molecular formula is C22H24N2O2. The van der Waals surface area contributed by atoms with Gasteiger partial charge >= 0.3 is 0 Å². The maximum absolute atomic E-state index is 12.4. The molecule has 1 amide bonds. The van der Waals surface area contributed by atoms with Gasteiger partial charge in [-0.05, 0) is 24.1 Å². The average Bonchev–Trinajstić information content (AvgIpc) is 2.67. The topological polar surface area (TPSA) is 41.6 Å². The van der Waals surface area contributed by atoms with Crippen LogP contribution in [0, 0.1) is 5.92 Å². The summed E-state index contributed by atoms with van der Waals surface area (Å²) < 4.78 is 6.44. The van der Waals surface area contributed by atoms with Gasteiger partial charge in [0.15, 0.2) is 5.72 Å². The van der Waals surface area contributed by atoms with Gasteiger partial charge in [0.1, 0.15) is 5.75 Å². The first-order valence-corrected chi connectivity index (χ1v) is 9.54. The lowest BCUT2D eigenvalue weighted by Crippen LogP contribution is -2.70. The number of hydrogen-bond donors (Lipinski definition) is 1. The van der Waals surface area contributed by atoms with Crippen LogP contribution in [0.2, 0.25) is 0 Å². The molecule has 0 saturated carbocycles. The molecule has 4 atom stereocenters. The highest BCUT2D eigenvalue weighted by atomic mass is 16.5. The van der Waals surface area contributed by atoms with Crippen LogP contribution in [0.25, 0.3) is 0 Å². The quantitative estimate of drug-likeness (QED) is 0.904. The van der Waals surface area contributed by atoms with Crippen molar-refractivity contribution in [2.75, 3.05) is 13.1 Å². The van der Waals surface area contributed by atoms with Crippen LogP contribution in [0.3, 0.4) is 0 Å². The van der Waals surface area contributed by atoms with Crippen LogP contribution in [-0.4, -0.2) is 29.6 Å². The van der Waals surface area contributed by atoms with Crippen molar-refractivity contribution < 1.29 is 9.53 Å². The summed E-state index contributed by atoms with van der Waals surface area (Å²) >= 11 is 0. The van der Waals surface area contributed by atoms with Gasteiger partial charge in [0.2, 0.25) is 5.91 Å². The molecule has 2 aromatic rings. The van der Waals surface area contributed by atoms with E-state index < -0.39 is 5.72 Å². The largest absolute Gasteiger partial charge is 0.467 e. The van der Waals surface area contributed by atoms with Crippen LogP contribution in [-0.2, 0) is 4.79 Å². The summed E-state index contributed by atoms with van der Waals surface area (Å²) in [6, 6.07) is 19.3. The number of benzene rings is 2. The van der Waals surface area contributed by atoms with Crippen LogP contribution in [0.1, 0.15) is 42.9 Å². The molecule has 5 rings (SSSR count). The summed E-state index contributed by atoms with van der Waals surface area (Å²) in [5.41, 5.74) is 1.99. The van der Waals surface area contributed by atoms with Crippen LogP contribution in [0.4, 0.5) is 0 Å². The fourth-order valence-corrected chi connectivity index (χ4v) is 5.07. The molecule has 2 fully saturated rings. The summed E-state index contributed by atoms with van der Waals surface area (Å²) in [6.45, 7) is 4.14. The third kappa shape index (κ3) is 2.36. The number of carbonyl (C=O) groups is 1. The zero-order chi connectivity index (χ0) is 17.7. The first kappa shape index (κ1) is 15.9. The number of nitrogens with one attached hydrogen (secondary N) is 1. The molecule has 134 valence electrons. The number of fused-ring (bicyclic) bond motifs is 2. The highest BCUT2D eigenvalue weighted by Crippen LogP contribution is 2.51. The standard InChI is InChI=1S/C22H24N2O2/c1-15(16-7-3-2-4-8-16)24-12-11-22-19(14-24)18(13-21(25)23-22)17-9-5-6-10-20(17)26-22/h2-10,15,18-19H,11-14H2,1H3,(H,23,25)/t15-,18+,19-,22-/m0/s1. The first-order valence-electron chi connectivity index (χ1n) is 9.54. The second-order valence-corrected chi connectivity index (χ2v) is 7.83. The van der Waals surface area contributed by atoms with Gasteiger partial charge in [-0.1, -0.05) is 48.5 Å². The molecule has 1 N–H and O–H groups in total.